The molecule has 236 valence electrons. The zero-order chi connectivity index (χ0) is 31.4. The van der Waals surface area contributed by atoms with E-state index in [4.69, 9.17) is 4.74 Å². The standard InChI is InChI=1S/C19H35NO2.C11H9I3N2O4.Na/c1-3-20(4-2)15-16-22-18(21)19(13-9-6-10-14-19)17-11-7-5-8-12-17;1-3(17)15-9-6(12)5(11(19)20)7(13)10(8(9)14)16-4(2)18;/h17H,3-16H2,1-2H3;1-2H3,(H,15,17)(H,16,18)(H,19,20);/q;;+1/p-1. The van der Waals surface area contributed by atoms with Crippen LogP contribution in [0.15, 0.2) is 0 Å². The Morgan fingerprint density at radius 2 is 1.30 bits per heavy atom. The first-order valence-corrected chi connectivity index (χ1v) is 18.0. The van der Waals surface area contributed by atoms with Crippen molar-refractivity contribution in [2.75, 3.05) is 36.9 Å². The molecule has 2 amide bonds. The molecule has 2 aliphatic carbocycles. The number of carbonyl (C=O) groups excluding carboxylic acids is 4. The largest absolute Gasteiger partial charge is 1.00 e. The van der Waals surface area contributed by atoms with Gasteiger partial charge < -0.3 is 30.2 Å². The third-order valence-corrected chi connectivity index (χ3v) is 11.4. The summed E-state index contributed by atoms with van der Waals surface area (Å²) in [6, 6.07) is 0. The molecule has 0 bridgehead atoms. The number of carboxylic acids is 1. The number of hydrogen-bond acceptors (Lipinski definition) is 7. The van der Waals surface area contributed by atoms with Gasteiger partial charge in [0.1, 0.15) is 6.61 Å². The van der Waals surface area contributed by atoms with Gasteiger partial charge in [-0.15, -0.1) is 0 Å². The number of amides is 2. The number of carbonyl (C=O) groups is 4. The quantitative estimate of drug-likeness (QED) is 0.210. The molecule has 0 heterocycles. The van der Waals surface area contributed by atoms with Gasteiger partial charge in [-0.1, -0.05) is 52.4 Å². The summed E-state index contributed by atoms with van der Waals surface area (Å²) >= 11 is 5.61. The SMILES string of the molecule is CC(=O)Nc1c(I)c(NC(C)=O)c(I)c(C(=O)[O-])c1I.CCN(CC)CCOC(=O)C1(C2CCCCC2)CCCCC1.[Na+]. The number of nitrogens with zero attached hydrogens (tertiary/aromatic N) is 1. The Bertz CT molecular complexity index is 1080. The monoisotopic (exact) mass is 945 g/mol. The van der Waals surface area contributed by atoms with Crippen LogP contribution in [0.2, 0.25) is 0 Å². The second-order valence-corrected chi connectivity index (χ2v) is 14.2. The molecular formula is C30H43I3N3NaO6. The van der Waals surface area contributed by atoms with Gasteiger partial charge in [-0.05, 0) is 112 Å². The summed E-state index contributed by atoms with van der Waals surface area (Å²) < 4.78 is 7.08. The van der Waals surface area contributed by atoms with Crippen LogP contribution in [0.4, 0.5) is 11.4 Å². The van der Waals surface area contributed by atoms with E-state index in [0.29, 0.717) is 34.6 Å². The molecule has 0 saturated heterocycles. The van der Waals surface area contributed by atoms with Crippen LogP contribution in [0, 0.1) is 22.0 Å². The Hall–Kier alpha value is 0.250. The van der Waals surface area contributed by atoms with Gasteiger partial charge in [-0.3, -0.25) is 14.4 Å². The van der Waals surface area contributed by atoms with Gasteiger partial charge >= 0.3 is 35.5 Å². The van der Waals surface area contributed by atoms with Crippen molar-refractivity contribution >= 4 is 103 Å². The first kappa shape index (κ1) is 41.3. The molecule has 2 fully saturated rings. The smallest absolute Gasteiger partial charge is 0.545 e. The predicted molar refractivity (Wildman–Crippen MR) is 188 cm³/mol. The molecule has 1 aromatic rings. The maximum Gasteiger partial charge on any atom is 1.00 e. The van der Waals surface area contributed by atoms with Crippen molar-refractivity contribution in [3.8, 4) is 0 Å². The van der Waals surface area contributed by atoms with E-state index < -0.39 is 5.97 Å². The number of halogens is 3. The summed E-state index contributed by atoms with van der Waals surface area (Å²) in [6.45, 7) is 10.5. The van der Waals surface area contributed by atoms with E-state index in [2.05, 4.69) is 29.4 Å². The van der Waals surface area contributed by atoms with E-state index in [1.165, 1.54) is 65.2 Å². The fraction of sp³-hybridized carbons (Fsp3) is 0.667. The van der Waals surface area contributed by atoms with Gasteiger partial charge in [0, 0.05) is 33.1 Å². The Balaban J connectivity index is 0.000000422. The Morgan fingerprint density at radius 3 is 1.72 bits per heavy atom. The molecule has 1 aromatic carbocycles. The summed E-state index contributed by atoms with van der Waals surface area (Å²) in [7, 11) is 0. The Kier molecular flexibility index (Phi) is 19.7. The number of esters is 1. The fourth-order valence-electron chi connectivity index (χ4n) is 5.98. The zero-order valence-electron chi connectivity index (χ0n) is 26.0. The topological polar surface area (TPSA) is 128 Å². The summed E-state index contributed by atoms with van der Waals surface area (Å²) in [6.07, 6.45) is 12.3. The minimum Gasteiger partial charge on any atom is -0.545 e. The van der Waals surface area contributed by atoms with Crippen molar-refractivity contribution in [2.45, 2.75) is 91.9 Å². The first-order chi connectivity index (χ1) is 19.9. The normalized spacial score (nSPS) is 16.3. The third kappa shape index (κ3) is 11.8. The second kappa shape index (κ2) is 20.5. The van der Waals surface area contributed by atoms with Crippen molar-refractivity contribution in [3.63, 3.8) is 0 Å². The molecule has 0 atom stereocenters. The molecule has 2 saturated carbocycles. The number of rotatable bonds is 10. The van der Waals surface area contributed by atoms with E-state index in [1.54, 1.807) is 0 Å². The van der Waals surface area contributed by atoms with E-state index in [1.807, 2.05) is 67.8 Å². The summed E-state index contributed by atoms with van der Waals surface area (Å²) in [5.74, 6) is -1.32. The number of aromatic carboxylic acids is 1. The van der Waals surface area contributed by atoms with Crippen molar-refractivity contribution in [1.82, 2.24) is 4.90 Å². The number of hydrogen-bond donors (Lipinski definition) is 2. The Morgan fingerprint density at radius 1 is 0.837 bits per heavy atom. The van der Waals surface area contributed by atoms with E-state index in [0.717, 1.165) is 32.5 Å². The van der Waals surface area contributed by atoms with Crippen molar-refractivity contribution in [2.24, 2.45) is 11.3 Å². The second-order valence-electron chi connectivity index (χ2n) is 10.9. The van der Waals surface area contributed by atoms with Crippen LogP contribution in [0.1, 0.15) is 102 Å². The van der Waals surface area contributed by atoms with Gasteiger partial charge in [0.15, 0.2) is 0 Å². The van der Waals surface area contributed by atoms with Crippen LogP contribution < -0.4 is 45.3 Å². The molecule has 2 aliphatic rings. The number of benzene rings is 1. The zero-order valence-corrected chi connectivity index (χ0v) is 34.5. The van der Waals surface area contributed by atoms with Crippen LogP contribution in [-0.4, -0.2) is 54.9 Å². The molecule has 2 N–H and O–H groups in total. The number of carboxylic acid groups (broad SMARTS) is 1. The van der Waals surface area contributed by atoms with Gasteiger partial charge in [-0.2, -0.15) is 0 Å². The van der Waals surface area contributed by atoms with Crippen molar-refractivity contribution in [3.05, 3.63) is 16.3 Å². The number of ether oxygens (including phenoxy) is 1. The third-order valence-electron chi connectivity index (χ3n) is 8.20. The number of anilines is 2. The molecule has 0 radical (unpaired) electrons. The molecule has 0 unspecified atom stereocenters. The Labute approximate surface area is 319 Å². The fourth-order valence-corrected chi connectivity index (χ4v) is 10.1. The minimum absolute atomic E-state index is 0. The van der Waals surface area contributed by atoms with Gasteiger partial charge in [0.2, 0.25) is 11.8 Å². The van der Waals surface area contributed by atoms with E-state index in [9.17, 15) is 24.3 Å². The molecular weight excluding hydrogens is 902 g/mol. The molecule has 0 spiro atoms. The average molecular weight is 945 g/mol. The van der Waals surface area contributed by atoms with Crippen LogP contribution in [-0.2, 0) is 19.1 Å². The summed E-state index contributed by atoms with van der Waals surface area (Å²) in [5.41, 5.74) is 0.505. The van der Waals surface area contributed by atoms with Crippen LogP contribution in [0.25, 0.3) is 0 Å². The first-order valence-electron chi connectivity index (χ1n) is 14.8. The van der Waals surface area contributed by atoms with E-state index in [-0.39, 0.29) is 58.3 Å². The van der Waals surface area contributed by atoms with Gasteiger partial charge in [-0.25, -0.2) is 0 Å². The summed E-state index contributed by atoms with van der Waals surface area (Å²) in [4.78, 5) is 49.0. The van der Waals surface area contributed by atoms with E-state index >= 15 is 0 Å². The van der Waals surface area contributed by atoms with Gasteiger partial charge in [0.25, 0.3) is 0 Å². The molecule has 0 aromatic heterocycles. The maximum absolute atomic E-state index is 12.9. The molecule has 0 aliphatic heterocycles. The van der Waals surface area contributed by atoms with Crippen molar-refractivity contribution in [1.29, 1.82) is 0 Å². The summed E-state index contributed by atoms with van der Waals surface area (Å²) in [5, 5.41) is 16.4. The van der Waals surface area contributed by atoms with Crippen LogP contribution in [0.5, 0.6) is 0 Å². The van der Waals surface area contributed by atoms with Gasteiger partial charge in [0.05, 0.1) is 26.3 Å². The minimum atomic E-state index is -1.37. The average Bonchev–Trinajstić information content (AvgIpc) is 2.96. The van der Waals surface area contributed by atoms with Crippen molar-refractivity contribution < 1.29 is 58.6 Å². The molecule has 3 rings (SSSR count). The number of nitrogens with one attached hydrogen (secondary N) is 2. The van der Waals surface area contributed by atoms with Crippen LogP contribution >= 0.6 is 67.8 Å². The maximum atomic E-state index is 12.9. The molecule has 9 nitrogen and oxygen atoms in total. The number of likely N-dealkylation sites (N-methyl/N-ethyl adjacent to an activating group) is 1. The molecule has 13 heteroatoms. The predicted octanol–water partition coefficient (Wildman–Crippen LogP) is 3.19. The van der Waals surface area contributed by atoms with Crippen LogP contribution in [0.3, 0.4) is 0 Å². The molecule has 43 heavy (non-hydrogen) atoms.